The summed E-state index contributed by atoms with van der Waals surface area (Å²) in [4.78, 5) is 22.3. The maximum atomic E-state index is 11.3. The number of esters is 1. The van der Waals surface area contributed by atoms with Crippen LogP contribution in [0.1, 0.15) is 32.1 Å². The third-order valence-electron chi connectivity index (χ3n) is 4.35. The molecule has 23 heavy (non-hydrogen) atoms. The number of fused-ring (bicyclic) bond motifs is 1. The molecule has 1 aliphatic carbocycles. The van der Waals surface area contributed by atoms with E-state index in [4.69, 9.17) is 5.11 Å². The number of methoxy groups -OCH3 is 1. The molecule has 2 aromatic rings. The third kappa shape index (κ3) is 3.89. The number of benzene rings is 2. The number of carboxylic acid groups (broad SMARTS) is 1. The van der Waals surface area contributed by atoms with Gasteiger partial charge in [0.15, 0.2) is 5.41 Å². The molecule has 1 N–H and O–H groups in total. The first-order chi connectivity index (χ1) is 11.1. The molecule has 0 spiro atoms. The summed E-state index contributed by atoms with van der Waals surface area (Å²) < 4.78 is 4.53. The summed E-state index contributed by atoms with van der Waals surface area (Å²) in [6.45, 7) is 0. The number of carboxylic acids is 1. The van der Waals surface area contributed by atoms with E-state index in [9.17, 15) is 9.59 Å². The minimum atomic E-state index is -1.26. The Hall–Kier alpha value is -2.36. The SMILES string of the molecule is COC(=O)C1(C(=O)O)CCCCC1.c1ccc2ccccc2c1. The lowest BCUT2D eigenvalue weighted by atomic mass is 9.74. The molecule has 0 aromatic heterocycles. The van der Waals surface area contributed by atoms with Gasteiger partial charge in [0.2, 0.25) is 0 Å². The fraction of sp³-hybridized carbons (Fsp3) is 0.368. The molecule has 0 unspecified atom stereocenters. The highest BCUT2D eigenvalue weighted by molar-refractivity contribution is 5.99. The fourth-order valence-corrected chi connectivity index (χ4v) is 2.99. The van der Waals surface area contributed by atoms with Gasteiger partial charge in [-0.1, -0.05) is 67.8 Å². The maximum absolute atomic E-state index is 11.3. The van der Waals surface area contributed by atoms with Crippen molar-refractivity contribution in [1.29, 1.82) is 0 Å². The first-order valence-corrected chi connectivity index (χ1v) is 7.86. The standard InChI is InChI=1S/C10H8.C9H14O4/c1-2-6-10-8-4-3-7-9(10)5-1;1-13-8(12)9(7(10)11)5-3-2-4-6-9/h1-8H;2-6H2,1H3,(H,10,11). The molecule has 0 amide bonds. The van der Waals surface area contributed by atoms with Crippen LogP contribution in [0.2, 0.25) is 0 Å². The monoisotopic (exact) mass is 314 g/mol. The second kappa shape index (κ2) is 7.77. The first kappa shape index (κ1) is 17.0. The van der Waals surface area contributed by atoms with Crippen LogP contribution in [0.25, 0.3) is 10.8 Å². The number of hydrogen-bond donors (Lipinski definition) is 1. The van der Waals surface area contributed by atoms with Crippen molar-refractivity contribution in [2.45, 2.75) is 32.1 Å². The number of aliphatic carboxylic acids is 1. The van der Waals surface area contributed by atoms with E-state index in [1.807, 2.05) is 0 Å². The molecule has 1 saturated carbocycles. The molecule has 4 nitrogen and oxygen atoms in total. The molecule has 0 radical (unpaired) electrons. The van der Waals surface area contributed by atoms with Gasteiger partial charge in [0.25, 0.3) is 0 Å². The van der Waals surface area contributed by atoms with Crippen LogP contribution in [0.5, 0.6) is 0 Å². The molecule has 4 heteroatoms. The average Bonchev–Trinajstić information content (AvgIpc) is 2.62. The Morgan fingerprint density at radius 3 is 1.70 bits per heavy atom. The van der Waals surface area contributed by atoms with Crippen molar-refractivity contribution >= 4 is 22.7 Å². The van der Waals surface area contributed by atoms with Crippen molar-refractivity contribution in [3.05, 3.63) is 48.5 Å². The lowest BCUT2D eigenvalue weighted by Gasteiger charge is -2.29. The van der Waals surface area contributed by atoms with Gasteiger partial charge in [0.1, 0.15) is 0 Å². The van der Waals surface area contributed by atoms with Gasteiger partial charge < -0.3 is 9.84 Å². The van der Waals surface area contributed by atoms with E-state index in [-0.39, 0.29) is 0 Å². The molecule has 3 rings (SSSR count). The Balaban J connectivity index is 0.000000172. The van der Waals surface area contributed by atoms with Gasteiger partial charge in [-0.2, -0.15) is 0 Å². The Bertz CT molecular complexity index is 606. The van der Waals surface area contributed by atoms with E-state index in [0.29, 0.717) is 12.8 Å². The van der Waals surface area contributed by atoms with Gasteiger partial charge in [-0.3, -0.25) is 9.59 Å². The number of ether oxygens (including phenoxy) is 1. The summed E-state index contributed by atoms with van der Waals surface area (Å²) in [5, 5.41) is 11.6. The van der Waals surface area contributed by atoms with Gasteiger partial charge in [0, 0.05) is 0 Å². The number of carbonyl (C=O) groups excluding carboxylic acids is 1. The Kier molecular flexibility index (Phi) is 5.74. The highest BCUT2D eigenvalue weighted by Gasteiger charge is 2.47. The van der Waals surface area contributed by atoms with Crippen molar-refractivity contribution in [2.24, 2.45) is 5.41 Å². The molecule has 0 atom stereocenters. The zero-order valence-electron chi connectivity index (χ0n) is 13.3. The van der Waals surface area contributed by atoms with Crippen molar-refractivity contribution in [3.63, 3.8) is 0 Å². The predicted octanol–water partition coefficient (Wildman–Crippen LogP) is 4.03. The van der Waals surface area contributed by atoms with E-state index in [1.54, 1.807) is 0 Å². The topological polar surface area (TPSA) is 63.6 Å². The maximum Gasteiger partial charge on any atom is 0.323 e. The predicted molar refractivity (Wildman–Crippen MR) is 89.1 cm³/mol. The number of hydrogen-bond acceptors (Lipinski definition) is 3. The zero-order valence-corrected chi connectivity index (χ0v) is 13.3. The van der Waals surface area contributed by atoms with Crippen LogP contribution >= 0.6 is 0 Å². The highest BCUT2D eigenvalue weighted by atomic mass is 16.5. The van der Waals surface area contributed by atoms with Crippen LogP contribution < -0.4 is 0 Å². The summed E-state index contributed by atoms with van der Waals surface area (Å²) >= 11 is 0. The molecule has 0 bridgehead atoms. The Labute approximate surface area is 136 Å². The van der Waals surface area contributed by atoms with Gasteiger partial charge in [-0.15, -0.1) is 0 Å². The minimum Gasteiger partial charge on any atom is -0.480 e. The van der Waals surface area contributed by atoms with E-state index in [2.05, 4.69) is 53.3 Å². The van der Waals surface area contributed by atoms with Gasteiger partial charge in [-0.25, -0.2) is 0 Å². The quantitative estimate of drug-likeness (QED) is 0.671. The van der Waals surface area contributed by atoms with Crippen molar-refractivity contribution in [2.75, 3.05) is 7.11 Å². The summed E-state index contributed by atoms with van der Waals surface area (Å²) in [6, 6.07) is 16.7. The van der Waals surface area contributed by atoms with Crippen LogP contribution in [0.4, 0.5) is 0 Å². The molecular formula is C19H22O4. The van der Waals surface area contributed by atoms with Crippen LogP contribution in [0.3, 0.4) is 0 Å². The smallest absolute Gasteiger partial charge is 0.323 e. The number of carbonyl (C=O) groups is 2. The summed E-state index contributed by atoms with van der Waals surface area (Å²) in [5.74, 6) is -1.64. The first-order valence-electron chi connectivity index (χ1n) is 7.86. The van der Waals surface area contributed by atoms with E-state index < -0.39 is 17.4 Å². The molecule has 0 aliphatic heterocycles. The Morgan fingerprint density at radius 2 is 1.35 bits per heavy atom. The van der Waals surface area contributed by atoms with Gasteiger partial charge in [0.05, 0.1) is 7.11 Å². The van der Waals surface area contributed by atoms with Crippen LogP contribution in [-0.4, -0.2) is 24.2 Å². The van der Waals surface area contributed by atoms with Crippen LogP contribution in [0.15, 0.2) is 48.5 Å². The number of rotatable bonds is 2. The van der Waals surface area contributed by atoms with Crippen molar-refractivity contribution < 1.29 is 19.4 Å². The lowest BCUT2D eigenvalue weighted by Crippen LogP contribution is -2.41. The summed E-state index contributed by atoms with van der Waals surface area (Å²) in [6.07, 6.45) is 3.42. The fourth-order valence-electron chi connectivity index (χ4n) is 2.99. The Morgan fingerprint density at radius 1 is 0.913 bits per heavy atom. The third-order valence-corrected chi connectivity index (χ3v) is 4.35. The zero-order chi connectivity index (χ0) is 16.7. The van der Waals surface area contributed by atoms with Crippen molar-refractivity contribution in [3.8, 4) is 0 Å². The second-order valence-electron chi connectivity index (χ2n) is 5.79. The molecule has 2 aromatic carbocycles. The lowest BCUT2D eigenvalue weighted by molar-refractivity contribution is -0.169. The molecule has 122 valence electrons. The van der Waals surface area contributed by atoms with E-state index in [1.165, 1.54) is 17.9 Å². The molecule has 0 saturated heterocycles. The average molecular weight is 314 g/mol. The van der Waals surface area contributed by atoms with Crippen LogP contribution in [0, 0.1) is 5.41 Å². The molecular weight excluding hydrogens is 292 g/mol. The van der Waals surface area contributed by atoms with Crippen LogP contribution in [-0.2, 0) is 14.3 Å². The van der Waals surface area contributed by atoms with E-state index >= 15 is 0 Å². The summed E-state index contributed by atoms with van der Waals surface area (Å²) in [7, 11) is 1.24. The summed E-state index contributed by atoms with van der Waals surface area (Å²) in [5.41, 5.74) is -1.26. The molecule has 1 aliphatic rings. The van der Waals surface area contributed by atoms with Gasteiger partial charge in [-0.05, 0) is 23.6 Å². The normalized spacial score (nSPS) is 16.0. The van der Waals surface area contributed by atoms with Crippen molar-refractivity contribution in [1.82, 2.24) is 0 Å². The molecule has 1 fully saturated rings. The highest BCUT2D eigenvalue weighted by Crippen LogP contribution is 2.37. The second-order valence-corrected chi connectivity index (χ2v) is 5.79. The largest absolute Gasteiger partial charge is 0.480 e. The minimum absolute atomic E-state index is 0.412. The molecule has 0 heterocycles. The van der Waals surface area contributed by atoms with E-state index in [0.717, 1.165) is 19.3 Å². The van der Waals surface area contributed by atoms with Gasteiger partial charge >= 0.3 is 11.9 Å².